The van der Waals surface area contributed by atoms with Crippen molar-refractivity contribution in [2.75, 3.05) is 0 Å². The molecular formula is C8H6Br4. The van der Waals surface area contributed by atoms with E-state index in [9.17, 15) is 0 Å². The first kappa shape index (κ1) is 11.2. The molecule has 0 aromatic heterocycles. The zero-order chi connectivity index (χ0) is 9.19. The fourth-order valence-corrected chi connectivity index (χ4v) is 2.07. The first-order valence-electron chi connectivity index (χ1n) is 3.28. The molecule has 0 heterocycles. The van der Waals surface area contributed by atoms with Crippen molar-refractivity contribution >= 4 is 63.7 Å². The Balaban J connectivity index is 2.71. The van der Waals surface area contributed by atoms with E-state index in [0.29, 0.717) is 0 Å². The van der Waals surface area contributed by atoms with Gasteiger partial charge in [0.2, 0.25) is 0 Å². The third-order valence-corrected chi connectivity index (χ3v) is 2.69. The zero-order valence-corrected chi connectivity index (χ0v) is 12.4. The normalized spacial score (nSPS) is 11.7. The number of halogens is 4. The predicted octanol–water partition coefficient (Wildman–Crippen LogP) is 4.83. The highest BCUT2D eigenvalue weighted by Gasteiger charge is 2.17. The third kappa shape index (κ3) is 4.40. The Morgan fingerprint density at radius 3 is 1.92 bits per heavy atom. The Kier molecular flexibility index (Phi) is 4.28. The number of rotatable bonds is 1. The minimum Gasteiger partial charge on any atom is -0.0596 e. The van der Waals surface area contributed by atoms with Crippen LogP contribution in [0.5, 0.6) is 0 Å². The Hall–Kier alpha value is 1.14. The van der Waals surface area contributed by atoms with Gasteiger partial charge in [-0.3, -0.25) is 0 Å². The standard InChI is InChI=1S/C8H6Br4/c9-7-3-1-6(2-4-7)5-8(10,11)12/h1-4H,5H2. The van der Waals surface area contributed by atoms with Gasteiger partial charge in [0, 0.05) is 10.9 Å². The summed E-state index contributed by atoms with van der Waals surface area (Å²) in [6, 6.07) is 8.24. The fourth-order valence-electron chi connectivity index (χ4n) is 0.834. The van der Waals surface area contributed by atoms with Crippen molar-refractivity contribution in [1.82, 2.24) is 0 Å². The molecule has 0 nitrogen and oxygen atoms in total. The van der Waals surface area contributed by atoms with Gasteiger partial charge in [0.1, 0.15) is 2.14 Å². The van der Waals surface area contributed by atoms with E-state index in [1.165, 1.54) is 5.56 Å². The Bertz CT molecular complexity index is 247. The SMILES string of the molecule is Brc1ccc(CC(Br)(Br)Br)cc1. The van der Waals surface area contributed by atoms with E-state index in [1.54, 1.807) is 0 Å². The van der Waals surface area contributed by atoms with Crippen LogP contribution < -0.4 is 0 Å². The van der Waals surface area contributed by atoms with Crippen molar-refractivity contribution in [2.45, 2.75) is 8.56 Å². The summed E-state index contributed by atoms with van der Waals surface area (Å²) in [5, 5.41) is 0. The van der Waals surface area contributed by atoms with E-state index in [4.69, 9.17) is 0 Å². The topological polar surface area (TPSA) is 0 Å². The zero-order valence-electron chi connectivity index (χ0n) is 6.03. The first-order chi connectivity index (χ1) is 5.47. The third-order valence-electron chi connectivity index (χ3n) is 1.32. The van der Waals surface area contributed by atoms with Gasteiger partial charge in [0.25, 0.3) is 0 Å². The van der Waals surface area contributed by atoms with Gasteiger partial charge in [0.15, 0.2) is 0 Å². The molecule has 0 aliphatic rings. The highest BCUT2D eigenvalue weighted by Crippen LogP contribution is 2.36. The molecule has 0 aliphatic heterocycles. The number of alkyl halides is 3. The van der Waals surface area contributed by atoms with Crippen molar-refractivity contribution in [3.8, 4) is 0 Å². The lowest BCUT2D eigenvalue weighted by Gasteiger charge is -2.11. The molecule has 1 rings (SSSR count). The largest absolute Gasteiger partial charge is 0.139 e. The molecule has 4 heteroatoms. The first-order valence-corrected chi connectivity index (χ1v) is 6.46. The van der Waals surface area contributed by atoms with Gasteiger partial charge in [0.05, 0.1) is 0 Å². The minimum absolute atomic E-state index is 0.180. The summed E-state index contributed by atoms with van der Waals surface area (Å²) in [6.45, 7) is 0. The van der Waals surface area contributed by atoms with Crippen LogP contribution in [0.15, 0.2) is 28.7 Å². The Morgan fingerprint density at radius 2 is 1.50 bits per heavy atom. The van der Waals surface area contributed by atoms with Crippen molar-refractivity contribution in [1.29, 1.82) is 0 Å². The second kappa shape index (κ2) is 4.58. The van der Waals surface area contributed by atoms with Crippen LogP contribution in [0.1, 0.15) is 5.56 Å². The number of hydrogen-bond acceptors (Lipinski definition) is 0. The molecule has 0 aliphatic carbocycles. The van der Waals surface area contributed by atoms with Gasteiger partial charge in [-0.2, -0.15) is 0 Å². The molecule has 0 saturated carbocycles. The monoisotopic (exact) mass is 418 g/mol. The molecular weight excluding hydrogens is 416 g/mol. The van der Waals surface area contributed by atoms with E-state index in [2.05, 4.69) is 75.9 Å². The molecule has 0 bridgehead atoms. The maximum absolute atomic E-state index is 3.46. The van der Waals surface area contributed by atoms with E-state index >= 15 is 0 Å². The average molecular weight is 422 g/mol. The highest BCUT2D eigenvalue weighted by atomic mass is 80.0. The number of hydrogen-bond donors (Lipinski definition) is 0. The van der Waals surface area contributed by atoms with Gasteiger partial charge < -0.3 is 0 Å². The van der Waals surface area contributed by atoms with Crippen LogP contribution in [0.3, 0.4) is 0 Å². The number of benzene rings is 1. The fraction of sp³-hybridized carbons (Fsp3) is 0.250. The smallest absolute Gasteiger partial charge is 0.0596 e. The van der Waals surface area contributed by atoms with Crippen LogP contribution in [-0.4, -0.2) is 2.14 Å². The lowest BCUT2D eigenvalue weighted by Crippen LogP contribution is -2.03. The molecule has 0 N–H and O–H groups in total. The second-order valence-electron chi connectivity index (χ2n) is 2.42. The molecule has 1 aromatic carbocycles. The maximum Gasteiger partial charge on any atom is 0.139 e. The van der Waals surface area contributed by atoms with Crippen LogP contribution in [0, 0.1) is 0 Å². The minimum atomic E-state index is -0.180. The van der Waals surface area contributed by atoms with Gasteiger partial charge >= 0.3 is 0 Å². The molecule has 12 heavy (non-hydrogen) atoms. The highest BCUT2D eigenvalue weighted by molar-refractivity contribution is 9.39. The van der Waals surface area contributed by atoms with E-state index < -0.39 is 0 Å². The molecule has 0 amide bonds. The van der Waals surface area contributed by atoms with Crippen LogP contribution >= 0.6 is 63.7 Å². The molecule has 0 radical (unpaired) electrons. The summed E-state index contributed by atoms with van der Waals surface area (Å²) in [7, 11) is 0. The van der Waals surface area contributed by atoms with E-state index in [1.807, 2.05) is 12.1 Å². The summed E-state index contributed by atoms with van der Waals surface area (Å²) in [5.41, 5.74) is 1.27. The van der Waals surface area contributed by atoms with Crippen molar-refractivity contribution in [3.05, 3.63) is 34.3 Å². The maximum atomic E-state index is 3.46. The Morgan fingerprint density at radius 1 is 1.00 bits per heavy atom. The van der Waals surface area contributed by atoms with Gasteiger partial charge in [-0.25, -0.2) is 0 Å². The van der Waals surface area contributed by atoms with E-state index in [0.717, 1.165) is 10.9 Å². The van der Waals surface area contributed by atoms with Crippen LogP contribution in [0.2, 0.25) is 0 Å². The molecule has 0 fully saturated rings. The van der Waals surface area contributed by atoms with Crippen LogP contribution in [0.4, 0.5) is 0 Å². The summed E-state index contributed by atoms with van der Waals surface area (Å²) in [5.74, 6) is 0. The molecule has 0 spiro atoms. The van der Waals surface area contributed by atoms with Crippen LogP contribution in [-0.2, 0) is 6.42 Å². The lowest BCUT2D eigenvalue weighted by atomic mass is 10.2. The predicted molar refractivity (Wildman–Crippen MR) is 67.4 cm³/mol. The quantitative estimate of drug-likeness (QED) is 0.570. The second-order valence-corrected chi connectivity index (χ2v) is 10.6. The summed E-state index contributed by atoms with van der Waals surface area (Å²) < 4.78 is 0.927. The summed E-state index contributed by atoms with van der Waals surface area (Å²) >= 11 is 13.8. The van der Waals surface area contributed by atoms with Crippen LogP contribution in [0.25, 0.3) is 0 Å². The molecule has 1 aromatic rings. The Labute approximate surface area is 106 Å². The molecule has 66 valence electrons. The lowest BCUT2D eigenvalue weighted by molar-refractivity contribution is 1.10. The molecule has 0 atom stereocenters. The summed E-state index contributed by atoms with van der Waals surface area (Å²) in [6.07, 6.45) is 0.889. The van der Waals surface area contributed by atoms with Gasteiger partial charge in [-0.15, -0.1) is 0 Å². The van der Waals surface area contributed by atoms with Gasteiger partial charge in [-0.1, -0.05) is 75.9 Å². The van der Waals surface area contributed by atoms with Gasteiger partial charge in [-0.05, 0) is 17.7 Å². The average Bonchev–Trinajstić information content (AvgIpc) is 1.91. The molecule has 0 unspecified atom stereocenters. The molecule has 0 saturated heterocycles. The van der Waals surface area contributed by atoms with Crippen molar-refractivity contribution in [2.24, 2.45) is 0 Å². The van der Waals surface area contributed by atoms with Crippen molar-refractivity contribution < 1.29 is 0 Å². The van der Waals surface area contributed by atoms with E-state index in [-0.39, 0.29) is 2.14 Å². The summed E-state index contributed by atoms with van der Waals surface area (Å²) in [4.78, 5) is 0. The van der Waals surface area contributed by atoms with Crippen molar-refractivity contribution in [3.63, 3.8) is 0 Å².